The van der Waals surface area contributed by atoms with Gasteiger partial charge in [0, 0.05) is 12.0 Å². The van der Waals surface area contributed by atoms with Gasteiger partial charge in [-0.25, -0.2) is 0 Å². The van der Waals surface area contributed by atoms with Crippen molar-refractivity contribution >= 4 is 0 Å². The van der Waals surface area contributed by atoms with E-state index in [1.54, 1.807) is 6.92 Å². The molecular weight excluding hydrogens is 200 g/mol. The highest BCUT2D eigenvalue weighted by Gasteiger charge is 2.08. The predicted molar refractivity (Wildman–Crippen MR) is 65.4 cm³/mol. The Kier molecular flexibility index (Phi) is 4.88. The third-order valence-corrected chi connectivity index (χ3v) is 2.28. The Balaban J connectivity index is 2.73. The number of ether oxygens (including phenoxy) is 1. The number of rotatable bonds is 4. The molecule has 0 saturated heterocycles. The maximum atomic E-state index is 9.62. The van der Waals surface area contributed by atoms with E-state index in [0.29, 0.717) is 13.0 Å². The maximum absolute atomic E-state index is 9.62. The fourth-order valence-corrected chi connectivity index (χ4v) is 1.46. The van der Waals surface area contributed by atoms with Crippen molar-refractivity contribution in [1.82, 2.24) is 0 Å². The van der Waals surface area contributed by atoms with Crippen LogP contribution < -0.4 is 4.74 Å². The van der Waals surface area contributed by atoms with Crippen LogP contribution in [0.3, 0.4) is 0 Å². The minimum Gasteiger partial charge on any atom is -0.492 e. The van der Waals surface area contributed by atoms with E-state index in [1.807, 2.05) is 32.0 Å². The molecular formula is C14H18O2. The van der Waals surface area contributed by atoms with Crippen LogP contribution >= 0.6 is 0 Å². The van der Waals surface area contributed by atoms with Crippen LogP contribution in [-0.2, 0) is 0 Å². The summed E-state index contributed by atoms with van der Waals surface area (Å²) in [6.45, 7) is 6.11. The van der Waals surface area contributed by atoms with Gasteiger partial charge >= 0.3 is 0 Å². The Labute approximate surface area is 97.3 Å². The molecule has 0 bridgehead atoms. The van der Waals surface area contributed by atoms with E-state index in [0.717, 1.165) is 16.9 Å². The molecule has 16 heavy (non-hydrogen) atoms. The van der Waals surface area contributed by atoms with Crippen LogP contribution in [0.1, 0.15) is 37.5 Å². The van der Waals surface area contributed by atoms with Crippen molar-refractivity contribution in [2.45, 2.75) is 33.3 Å². The topological polar surface area (TPSA) is 29.5 Å². The summed E-state index contributed by atoms with van der Waals surface area (Å²) >= 11 is 0. The fourth-order valence-electron chi connectivity index (χ4n) is 1.46. The highest BCUT2D eigenvalue weighted by atomic mass is 16.5. The first kappa shape index (κ1) is 12.6. The first-order chi connectivity index (χ1) is 7.65. The SMILES string of the molecule is CC#CCCOc1ccc(C)cc1[C@@H](C)O. The van der Waals surface area contributed by atoms with Crippen LogP contribution in [0.4, 0.5) is 0 Å². The summed E-state index contributed by atoms with van der Waals surface area (Å²) in [5.74, 6) is 6.51. The van der Waals surface area contributed by atoms with Crippen molar-refractivity contribution in [1.29, 1.82) is 0 Å². The molecule has 0 fully saturated rings. The Morgan fingerprint density at radius 2 is 2.19 bits per heavy atom. The number of hydrogen-bond acceptors (Lipinski definition) is 2. The number of aryl methyl sites for hydroxylation is 1. The van der Waals surface area contributed by atoms with Gasteiger partial charge in [-0.2, -0.15) is 0 Å². The van der Waals surface area contributed by atoms with Crippen LogP contribution in [0, 0.1) is 18.8 Å². The summed E-state index contributed by atoms with van der Waals surface area (Å²) in [7, 11) is 0. The van der Waals surface area contributed by atoms with Gasteiger partial charge in [0.25, 0.3) is 0 Å². The van der Waals surface area contributed by atoms with E-state index in [1.165, 1.54) is 0 Å². The van der Waals surface area contributed by atoms with Gasteiger partial charge in [0.2, 0.25) is 0 Å². The van der Waals surface area contributed by atoms with E-state index in [2.05, 4.69) is 11.8 Å². The zero-order valence-electron chi connectivity index (χ0n) is 10.1. The number of hydrogen-bond donors (Lipinski definition) is 1. The van der Waals surface area contributed by atoms with Crippen LogP contribution in [0.5, 0.6) is 5.75 Å². The zero-order valence-corrected chi connectivity index (χ0v) is 10.1. The molecule has 0 heterocycles. The first-order valence-corrected chi connectivity index (χ1v) is 5.46. The van der Waals surface area contributed by atoms with Gasteiger partial charge in [-0.15, -0.1) is 11.8 Å². The maximum Gasteiger partial charge on any atom is 0.125 e. The molecule has 1 aromatic carbocycles. The molecule has 0 amide bonds. The third kappa shape index (κ3) is 3.60. The Morgan fingerprint density at radius 1 is 1.44 bits per heavy atom. The molecule has 0 aromatic heterocycles. The average Bonchev–Trinajstić information content (AvgIpc) is 2.26. The molecule has 1 atom stereocenters. The summed E-state index contributed by atoms with van der Waals surface area (Å²) in [6, 6.07) is 5.83. The molecule has 1 N–H and O–H groups in total. The normalized spacial score (nSPS) is 11.5. The lowest BCUT2D eigenvalue weighted by molar-refractivity contribution is 0.191. The number of aliphatic hydroxyl groups excluding tert-OH is 1. The van der Waals surface area contributed by atoms with Gasteiger partial charge in [0.15, 0.2) is 0 Å². The van der Waals surface area contributed by atoms with Crippen LogP contribution in [0.15, 0.2) is 18.2 Å². The minimum atomic E-state index is -0.507. The fraction of sp³-hybridized carbons (Fsp3) is 0.429. The van der Waals surface area contributed by atoms with Crippen LogP contribution in [-0.4, -0.2) is 11.7 Å². The standard InChI is InChI=1S/C14H18O2/c1-4-5-6-9-16-14-8-7-11(2)10-13(14)12(3)15/h7-8,10,12,15H,6,9H2,1-3H3/t12-/m1/s1. The van der Waals surface area contributed by atoms with Gasteiger partial charge in [0.1, 0.15) is 5.75 Å². The molecule has 1 rings (SSSR count). The van der Waals surface area contributed by atoms with Gasteiger partial charge in [-0.05, 0) is 32.9 Å². The lowest BCUT2D eigenvalue weighted by atomic mass is 10.1. The monoisotopic (exact) mass is 218 g/mol. The molecule has 0 aliphatic heterocycles. The quantitative estimate of drug-likeness (QED) is 0.622. The Bertz CT molecular complexity index is 397. The largest absolute Gasteiger partial charge is 0.492 e. The van der Waals surface area contributed by atoms with Gasteiger partial charge in [-0.1, -0.05) is 11.6 Å². The summed E-state index contributed by atoms with van der Waals surface area (Å²) in [4.78, 5) is 0. The summed E-state index contributed by atoms with van der Waals surface area (Å²) < 4.78 is 5.59. The van der Waals surface area contributed by atoms with Crippen LogP contribution in [0.25, 0.3) is 0 Å². The van der Waals surface area contributed by atoms with Crippen molar-refractivity contribution in [3.63, 3.8) is 0 Å². The van der Waals surface area contributed by atoms with Crippen LogP contribution in [0.2, 0.25) is 0 Å². The molecule has 2 heteroatoms. The lowest BCUT2D eigenvalue weighted by Crippen LogP contribution is -2.02. The molecule has 0 saturated carbocycles. The second kappa shape index (κ2) is 6.19. The number of benzene rings is 1. The third-order valence-electron chi connectivity index (χ3n) is 2.28. The van der Waals surface area contributed by atoms with Crippen molar-refractivity contribution in [3.8, 4) is 17.6 Å². The summed E-state index contributed by atoms with van der Waals surface area (Å²) in [6.07, 6.45) is 0.205. The van der Waals surface area contributed by atoms with Gasteiger partial charge in [-0.3, -0.25) is 0 Å². The molecule has 0 unspecified atom stereocenters. The minimum absolute atomic E-state index is 0.507. The summed E-state index contributed by atoms with van der Waals surface area (Å²) in [5.41, 5.74) is 1.96. The number of aliphatic hydroxyl groups is 1. The first-order valence-electron chi connectivity index (χ1n) is 5.46. The van der Waals surface area contributed by atoms with E-state index < -0.39 is 6.10 Å². The molecule has 0 aliphatic rings. The lowest BCUT2D eigenvalue weighted by Gasteiger charge is -2.13. The smallest absolute Gasteiger partial charge is 0.125 e. The van der Waals surface area contributed by atoms with Gasteiger partial charge in [0.05, 0.1) is 12.7 Å². The van der Waals surface area contributed by atoms with E-state index >= 15 is 0 Å². The van der Waals surface area contributed by atoms with E-state index in [4.69, 9.17) is 4.74 Å². The van der Waals surface area contributed by atoms with Crippen molar-refractivity contribution in [2.75, 3.05) is 6.61 Å². The summed E-state index contributed by atoms with van der Waals surface area (Å²) in [5, 5.41) is 9.62. The van der Waals surface area contributed by atoms with Crippen molar-refractivity contribution in [2.24, 2.45) is 0 Å². The van der Waals surface area contributed by atoms with Crippen molar-refractivity contribution < 1.29 is 9.84 Å². The Hall–Kier alpha value is -1.46. The molecule has 0 spiro atoms. The molecule has 86 valence electrons. The predicted octanol–water partition coefficient (Wildman–Crippen LogP) is 2.84. The van der Waals surface area contributed by atoms with Crippen molar-refractivity contribution in [3.05, 3.63) is 29.3 Å². The average molecular weight is 218 g/mol. The molecule has 0 aliphatic carbocycles. The molecule has 2 nitrogen and oxygen atoms in total. The second-order valence-corrected chi connectivity index (χ2v) is 3.74. The van der Waals surface area contributed by atoms with Gasteiger partial charge < -0.3 is 9.84 Å². The second-order valence-electron chi connectivity index (χ2n) is 3.74. The van der Waals surface area contributed by atoms with E-state index in [9.17, 15) is 5.11 Å². The highest BCUT2D eigenvalue weighted by molar-refractivity contribution is 5.38. The molecule has 0 radical (unpaired) electrons. The highest BCUT2D eigenvalue weighted by Crippen LogP contribution is 2.26. The molecule has 1 aromatic rings. The van der Waals surface area contributed by atoms with E-state index in [-0.39, 0.29) is 0 Å². The zero-order chi connectivity index (χ0) is 12.0. The Morgan fingerprint density at radius 3 is 2.81 bits per heavy atom.